The molecule has 1 heterocycles. The number of rotatable bonds is 4. The molecule has 0 bridgehead atoms. The Kier molecular flexibility index (Phi) is 4.60. The van der Waals surface area contributed by atoms with E-state index in [9.17, 15) is 0 Å². The molecule has 0 fully saturated rings. The Bertz CT molecular complexity index is 624. The van der Waals surface area contributed by atoms with Gasteiger partial charge in [-0.3, -0.25) is 4.68 Å². The smallest absolute Gasteiger partial charge is 0.0767 e. The molecule has 1 aromatic heterocycles. The summed E-state index contributed by atoms with van der Waals surface area (Å²) in [6.45, 7) is 2.80. The lowest BCUT2D eigenvalue weighted by atomic mass is 10.2. The number of halogens is 2. The van der Waals surface area contributed by atoms with Crippen LogP contribution in [0.2, 0.25) is 5.02 Å². The van der Waals surface area contributed by atoms with Crippen LogP contribution in [0.4, 0.5) is 11.4 Å². The molecule has 1 aromatic carbocycles. The summed E-state index contributed by atoms with van der Waals surface area (Å²) in [4.78, 5) is 2.07. The summed E-state index contributed by atoms with van der Waals surface area (Å²) in [7, 11) is 3.95. The fraction of sp³-hybridized carbons (Fsp3) is 0.357. The molecule has 4 nitrogen and oxygen atoms in total. The molecule has 0 unspecified atom stereocenters. The van der Waals surface area contributed by atoms with Gasteiger partial charge < -0.3 is 10.6 Å². The highest BCUT2D eigenvalue weighted by molar-refractivity contribution is 9.10. The highest BCUT2D eigenvalue weighted by Crippen LogP contribution is 2.29. The summed E-state index contributed by atoms with van der Waals surface area (Å²) >= 11 is 9.67. The predicted octanol–water partition coefficient (Wildman–Crippen LogP) is 3.62. The average Bonchev–Trinajstić information content (AvgIpc) is 2.68. The maximum atomic E-state index is 6.04. The number of hydrogen-bond donors (Lipinski definition) is 1. The normalized spacial score (nSPS) is 10.8. The van der Waals surface area contributed by atoms with Crippen molar-refractivity contribution < 1.29 is 0 Å². The van der Waals surface area contributed by atoms with E-state index in [1.165, 1.54) is 0 Å². The second-order valence-electron chi connectivity index (χ2n) is 4.74. The number of benzene rings is 1. The fourth-order valence-corrected chi connectivity index (χ4v) is 3.06. The monoisotopic (exact) mass is 356 g/mol. The maximum absolute atomic E-state index is 6.04. The van der Waals surface area contributed by atoms with Crippen LogP contribution >= 0.6 is 27.5 Å². The van der Waals surface area contributed by atoms with Gasteiger partial charge in [-0.2, -0.15) is 5.10 Å². The lowest BCUT2D eigenvalue weighted by Crippen LogP contribution is -2.20. The first-order valence-corrected chi connectivity index (χ1v) is 7.57. The molecule has 20 heavy (non-hydrogen) atoms. The summed E-state index contributed by atoms with van der Waals surface area (Å²) in [6.07, 6.45) is 0.900. The van der Waals surface area contributed by atoms with Crippen molar-refractivity contribution in [3.8, 4) is 0 Å². The quantitative estimate of drug-likeness (QED) is 0.850. The second kappa shape index (κ2) is 6.06. The SMILES string of the molecule is CCc1nn(C)c(CN(C)c2cc(Cl)ccc2N)c1Br. The van der Waals surface area contributed by atoms with Crippen LogP contribution in [0.1, 0.15) is 18.3 Å². The van der Waals surface area contributed by atoms with Crippen molar-refractivity contribution >= 4 is 38.9 Å². The first kappa shape index (κ1) is 15.2. The minimum Gasteiger partial charge on any atom is -0.397 e. The van der Waals surface area contributed by atoms with Crippen LogP contribution in [-0.2, 0) is 20.0 Å². The molecule has 0 aliphatic carbocycles. The molecule has 2 aromatic rings. The minimum atomic E-state index is 0.680. The van der Waals surface area contributed by atoms with Gasteiger partial charge in [-0.1, -0.05) is 18.5 Å². The molecular formula is C14H18BrClN4. The molecule has 0 spiro atoms. The van der Waals surface area contributed by atoms with E-state index in [1.54, 1.807) is 6.07 Å². The molecule has 0 atom stereocenters. The van der Waals surface area contributed by atoms with Crippen LogP contribution in [0.5, 0.6) is 0 Å². The van der Waals surface area contributed by atoms with Crippen LogP contribution in [0.25, 0.3) is 0 Å². The van der Waals surface area contributed by atoms with Crippen LogP contribution in [0.3, 0.4) is 0 Å². The van der Waals surface area contributed by atoms with E-state index in [0.717, 1.165) is 28.0 Å². The van der Waals surface area contributed by atoms with Gasteiger partial charge in [-0.05, 0) is 40.5 Å². The fourth-order valence-electron chi connectivity index (χ4n) is 2.15. The van der Waals surface area contributed by atoms with Crippen molar-refractivity contribution in [3.05, 3.63) is 39.1 Å². The third kappa shape index (κ3) is 2.94. The predicted molar refractivity (Wildman–Crippen MR) is 88.3 cm³/mol. The molecule has 0 saturated carbocycles. The summed E-state index contributed by atoms with van der Waals surface area (Å²) in [5.74, 6) is 0. The lowest BCUT2D eigenvalue weighted by molar-refractivity contribution is 0.689. The van der Waals surface area contributed by atoms with Gasteiger partial charge in [-0.15, -0.1) is 0 Å². The summed E-state index contributed by atoms with van der Waals surface area (Å²) in [6, 6.07) is 5.50. The Morgan fingerprint density at radius 2 is 2.15 bits per heavy atom. The zero-order valence-electron chi connectivity index (χ0n) is 11.8. The summed E-state index contributed by atoms with van der Waals surface area (Å²) < 4.78 is 2.97. The van der Waals surface area contributed by atoms with Crippen molar-refractivity contribution in [2.24, 2.45) is 7.05 Å². The Morgan fingerprint density at radius 3 is 2.75 bits per heavy atom. The molecule has 0 amide bonds. The van der Waals surface area contributed by atoms with Crippen molar-refractivity contribution in [1.82, 2.24) is 9.78 Å². The molecule has 0 aliphatic heterocycles. The largest absolute Gasteiger partial charge is 0.397 e. The number of nitrogens with zero attached hydrogens (tertiary/aromatic N) is 3. The van der Waals surface area contributed by atoms with Gasteiger partial charge in [-0.25, -0.2) is 0 Å². The second-order valence-corrected chi connectivity index (χ2v) is 5.97. The summed E-state index contributed by atoms with van der Waals surface area (Å²) in [5.41, 5.74) is 9.83. The highest BCUT2D eigenvalue weighted by Gasteiger charge is 2.15. The van der Waals surface area contributed by atoms with E-state index in [-0.39, 0.29) is 0 Å². The van der Waals surface area contributed by atoms with E-state index >= 15 is 0 Å². The Labute approximate surface area is 132 Å². The first-order valence-electron chi connectivity index (χ1n) is 6.40. The Morgan fingerprint density at radius 1 is 1.45 bits per heavy atom. The van der Waals surface area contributed by atoms with Gasteiger partial charge in [0, 0.05) is 19.1 Å². The van der Waals surface area contributed by atoms with Crippen molar-refractivity contribution in [2.75, 3.05) is 17.7 Å². The standard InChI is InChI=1S/C14H18BrClN4/c1-4-11-14(15)13(20(3)18-11)8-19(2)12-7-9(16)5-6-10(12)17/h5-7H,4,8,17H2,1-3H3. The number of aryl methyl sites for hydroxylation is 2. The molecule has 2 N–H and O–H groups in total. The van der Waals surface area contributed by atoms with Gasteiger partial charge in [0.2, 0.25) is 0 Å². The van der Waals surface area contributed by atoms with Crippen LogP contribution in [0, 0.1) is 0 Å². The van der Waals surface area contributed by atoms with Crippen LogP contribution in [-0.4, -0.2) is 16.8 Å². The van der Waals surface area contributed by atoms with E-state index in [1.807, 2.05) is 30.9 Å². The van der Waals surface area contributed by atoms with E-state index in [0.29, 0.717) is 17.3 Å². The van der Waals surface area contributed by atoms with Crippen LogP contribution in [0.15, 0.2) is 22.7 Å². The van der Waals surface area contributed by atoms with Gasteiger partial charge >= 0.3 is 0 Å². The molecule has 108 valence electrons. The molecule has 0 saturated heterocycles. The van der Waals surface area contributed by atoms with E-state index < -0.39 is 0 Å². The minimum absolute atomic E-state index is 0.680. The highest BCUT2D eigenvalue weighted by atomic mass is 79.9. The van der Waals surface area contributed by atoms with Crippen LogP contribution < -0.4 is 10.6 Å². The zero-order valence-corrected chi connectivity index (χ0v) is 14.2. The lowest BCUT2D eigenvalue weighted by Gasteiger charge is -2.21. The molecule has 6 heteroatoms. The molecular weight excluding hydrogens is 340 g/mol. The van der Waals surface area contributed by atoms with Gasteiger partial charge in [0.15, 0.2) is 0 Å². The van der Waals surface area contributed by atoms with Gasteiger partial charge in [0.05, 0.1) is 33.8 Å². The van der Waals surface area contributed by atoms with Crippen molar-refractivity contribution in [3.63, 3.8) is 0 Å². The number of anilines is 2. The first-order chi connectivity index (χ1) is 9.43. The Hall–Kier alpha value is -1.20. The topological polar surface area (TPSA) is 47.1 Å². The number of nitrogens with two attached hydrogens (primary N) is 1. The zero-order chi connectivity index (χ0) is 14.9. The van der Waals surface area contributed by atoms with Gasteiger partial charge in [0.25, 0.3) is 0 Å². The third-order valence-electron chi connectivity index (χ3n) is 3.29. The Balaban J connectivity index is 2.30. The van der Waals surface area contributed by atoms with E-state index in [4.69, 9.17) is 17.3 Å². The number of nitrogen functional groups attached to an aromatic ring is 1. The molecule has 0 radical (unpaired) electrons. The number of aromatic nitrogens is 2. The number of hydrogen-bond acceptors (Lipinski definition) is 3. The van der Waals surface area contributed by atoms with Crippen molar-refractivity contribution in [2.45, 2.75) is 19.9 Å². The van der Waals surface area contributed by atoms with Crippen molar-refractivity contribution in [1.29, 1.82) is 0 Å². The van der Waals surface area contributed by atoms with Gasteiger partial charge in [0.1, 0.15) is 0 Å². The third-order valence-corrected chi connectivity index (χ3v) is 4.44. The average molecular weight is 358 g/mol. The summed E-state index contributed by atoms with van der Waals surface area (Å²) in [5, 5.41) is 5.18. The molecule has 0 aliphatic rings. The molecule has 2 rings (SSSR count). The maximum Gasteiger partial charge on any atom is 0.0767 e. The van der Waals surface area contributed by atoms with E-state index in [2.05, 4.69) is 32.9 Å².